The average Bonchev–Trinajstić information content (AvgIpc) is 2.49. The molecule has 0 bridgehead atoms. The van der Waals surface area contributed by atoms with E-state index in [2.05, 4.69) is 4.98 Å². The van der Waals surface area contributed by atoms with E-state index in [1.807, 2.05) is 0 Å². The Morgan fingerprint density at radius 3 is 3.00 bits per heavy atom. The van der Waals surface area contributed by atoms with Crippen LogP contribution in [0.5, 0.6) is 0 Å². The number of primary amides is 1. The van der Waals surface area contributed by atoms with Crippen molar-refractivity contribution in [1.82, 2.24) is 0 Å². The molecule has 13 heavy (non-hydrogen) atoms. The van der Waals surface area contributed by atoms with Gasteiger partial charge in [-0.2, -0.15) is 0 Å². The number of nitrogens with two attached hydrogens (primary N) is 1. The summed E-state index contributed by atoms with van der Waals surface area (Å²) in [5, 5.41) is 0.631. The smallest absolute Gasteiger partial charge is 0.259 e. The van der Waals surface area contributed by atoms with Gasteiger partial charge in [0.2, 0.25) is 5.52 Å². The van der Waals surface area contributed by atoms with Gasteiger partial charge in [-0.1, -0.05) is 11.6 Å². The summed E-state index contributed by atoms with van der Waals surface area (Å²) in [5.41, 5.74) is 5.98. The molecular weight excluding hydrogens is 208 g/mol. The van der Waals surface area contributed by atoms with E-state index in [0.29, 0.717) is 9.90 Å². The Kier molecular flexibility index (Phi) is 1.94. The van der Waals surface area contributed by atoms with Crippen LogP contribution in [-0.4, -0.2) is 5.91 Å². The molecule has 0 atom stereocenters. The summed E-state index contributed by atoms with van der Waals surface area (Å²) in [5.74, 6) is -0.425. The van der Waals surface area contributed by atoms with Gasteiger partial charge in [0.25, 0.3) is 5.91 Å². The fraction of sp³-hybridized carbons (Fsp3) is 0. The molecule has 3 nitrogen and oxygen atoms in total. The molecule has 2 aromatic heterocycles. The first kappa shape index (κ1) is 8.47. The molecule has 0 spiro atoms. The Labute approximate surface area is 83.1 Å². The van der Waals surface area contributed by atoms with Gasteiger partial charge in [-0.25, -0.2) is 4.98 Å². The van der Waals surface area contributed by atoms with Gasteiger partial charge in [-0.3, -0.25) is 4.79 Å². The van der Waals surface area contributed by atoms with Gasteiger partial charge >= 0.3 is 0 Å². The topological polar surface area (TPSA) is 57.2 Å². The Morgan fingerprint density at radius 2 is 2.38 bits per heavy atom. The Morgan fingerprint density at radius 1 is 1.62 bits per heavy atom. The molecule has 0 saturated carbocycles. The fourth-order valence-electron chi connectivity index (χ4n) is 1.08. The number of amides is 1. The Bertz CT molecular complexity index is 480. The number of pyridine rings is 1. The standard InChI is InChI=1S/C8H5ClN2OS/c9-4-1-2-11-5-3-6(8(10)12)13-7(4)5/h1-3H,(H2,10,12)/p+1. The highest BCUT2D eigenvalue weighted by atomic mass is 35.5. The molecule has 0 radical (unpaired) electrons. The second kappa shape index (κ2) is 2.97. The summed E-state index contributed by atoms with van der Waals surface area (Å²) >= 11 is 7.21. The van der Waals surface area contributed by atoms with Crippen LogP contribution in [0.2, 0.25) is 5.02 Å². The first-order valence-electron chi connectivity index (χ1n) is 3.58. The molecule has 0 aromatic carbocycles. The highest BCUT2D eigenvalue weighted by Crippen LogP contribution is 2.28. The van der Waals surface area contributed by atoms with Crippen molar-refractivity contribution in [3.05, 3.63) is 28.2 Å². The summed E-state index contributed by atoms with van der Waals surface area (Å²) < 4.78 is 0.859. The number of nitrogens with one attached hydrogen (secondary N) is 1. The zero-order chi connectivity index (χ0) is 9.42. The van der Waals surface area contributed by atoms with Crippen LogP contribution in [0, 0.1) is 0 Å². The molecule has 1 amide bonds. The number of fused-ring (bicyclic) bond motifs is 1. The highest BCUT2D eigenvalue weighted by Gasteiger charge is 2.12. The summed E-state index contributed by atoms with van der Waals surface area (Å²) in [6, 6.07) is 3.44. The third-order valence-corrected chi connectivity index (χ3v) is 3.27. The lowest BCUT2D eigenvalue weighted by Gasteiger charge is -1.84. The van der Waals surface area contributed by atoms with E-state index in [1.54, 1.807) is 18.3 Å². The largest absolute Gasteiger partial charge is 0.365 e. The molecule has 0 saturated heterocycles. The normalized spacial score (nSPS) is 10.5. The van der Waals surface area contributed by atoms with E-state index >= 15 is 0 Å². The summed E-state index contributed by atoms with van der Waals surface area (Å²) in [4.78, 5) is 14.4. The van der Waals surface area contributed by atoms with Crippen LogP contribution in [0.25, 0.3) is 10.2 Å². The molecule has 2 aromatic rings. The number of thiophene rings is 1. The number of hydrogen-bond donors (Lipinski definition) is 1. The van der Waals surface area contributed by atoms with E-state index < -0.39 is 5.91 Å². The van der Waals surface area contributed by atoms with Crippen LogP contribution in [0.1, 0.15) is 9.67 Å². The van der Waals surface area contributed by atoms with E-state index in [-0.39, 0.29) is 0 Å². The second-order valence-corrected chi connectivity index (χ2v) is 4.00. The minimum Gasteiger partial charge on any atom is -0.365 e. The van der Waals surface area contributed by atoms with Gasteiger partial charge in [0.1, 0.15) is 4.70 Å². The van der Waals surface area contributed by atoms with Gasteiger partial charge in [0, 0.05) is 12.1 Å². The molecule has 66 valence electrons. The van der Waals surface area contributed by atoms with Crippen LogP contribution < -0.4 is 10.7 Å². The molecular formula is C8H6ClN2OS+. The number of carbonyl (C=O) groups is 1. The van der Waals surface area contributed by atoms with E-state index in [0.717, 1.165) is 10.2 Å². The van der Waals surface area contributed by atoms with Gasteiger partial charge in [-0.15, -0.1) is 11.3 Å². The molecule has 3 N–H and O–H groups in total. The van der Waals surface area contributed by atoms with Crippen molar-refractivity contribution < 1.29 is 9.78 Å². The highest BCUT2D eigenvalue weighted by molar-refractivity contribution is 7.21. The number of carbonyl (C=O) groups excluding carboxylic acids is 1. The number of halogens is 1. The number of aromatic nitrogens is 1. The van der Waals surface area contributed by atoms with Gasteiger partial charge in [0.15, 0.2) is 6.20 Å². The van der Waals surface area contributed by atoms with Crippen LogP contribution in [-0.2, 0) is 0 Å². The number of rotatable bonds is 1. The van der Waals surface area contributed by atoms with Crippen molar-refractivity contribution in [3.8, 4) is 0 Å². The summed E-state index contributed by atoms with van der Waals surface area (Å²) in [6.07, 6.45) is 1.72. The SMILES string of the molecule is NC(=O)c1cc2[nH+]ccc(Cl)c2s1. The Balaban J connectivity index is 2.75. The minimum atomic E-state index is -0.425. The zero-order valence-corrected chi connectivity index (χ0v) is 8.08. The summed E-state index contributed by atoms with van der Waals surface area (Å²) in [6.45, 7) is 0. The molecule has 0 aliphatic heterocycles. The van der Waals surface area contributed by atoms with E-state index in [1.165, 1.54) is 11.3 Å². The van der Waals surface area contributed by atoms with Gasteiger partial charge < -0.3 is 5.73 Å². The molecule has 0 fully saturated rings. The van der Waals surface area contributed by atoms with Crippen molar-refractivity contribution in [2.75, 3.05) is 0 Å². The van der Waals surface area contributed by atoms with Crippen LogP contribution >= 0.6 is 22.9 Å². The van der Waals surface area contributed by atoms with Gasteiger partial charge in [-0.05, 0) is 0 Å². The maximum absolute atomic E-state index is 10.9. The van der Waals surface area contributed by atoms with Crippen LogP contribution in [0.15, 0.2) is 18.3 Å². The average molecular weight is 214 g/mol. The van der Waals surface area contributed by atoms with E-state index in [9.17, 15) is 4.79 Å². The third kappa shape index (κ3) is 1.38. The Hall–Kier alpha value is -1.13. The lowest BCUT2D eigenvalue weighted by atomic mass is 10.3. The fourth-order valence-corrected chi connectivity index (χ4v) is 2.25. The molecule has 0 unspecified atom stereocenters. The predicted molar refractivity (Wildman–Crippen MR) is 51.9 cm³/mol. The summed E-state index contributed by atoms with van der Waals surface area (Å²) in [7, 11) is 0. The van der Waals surface area contributed by atoms with Crippen molar-refractivity contribution in [3.63, 3.8) is 0 Å². The number of H-pyrrole nitrogens is 1. The first-order valence-corrected chi connectivity index (χ1v) is 4.77. The number of aromatic amines is 1. The van der Waals surface area contributed by atoms with Gasteiger partial charge in [0.05, 0.1) is 9.90 Å². The third-order valence-electron chi connectivity index (χ3n) is 1.66. The maximum atomic E-state index is 10.9. The molecule has 0 aliphatic carbocycles. The zero-order valence-electron chi connectivity index (χ0n) is 6.50. The monoisotopic (exact) mass is 213 g/mol. The van der Waals surface area contributed by atoms with Crippen molar-refractivity contribution in [1.29, 1.82) is 0 Å². The molecule has 2 rings (SSSR count). The lowest BCUT2D eigenvalue weighted by molar-refractivity contribution is -0.344. The minimum absolute atomic E-state index is 0.425. The molecule has 5 heteroatoms. The van der Waals surface area contributed by atoms with Crippen LogP contribution in [0.4, 0.5) is 0 Å². The lowest BCUT2D eigenvalue weighted by Crippen LogP contribution is -2.08. The molecule has 2 heterocycles. The van der Waals surface area contributed by atoms with E-state index in [4.69, 9.17) is 17.3 Å². The van der Waals surface area contributed by atoms with Crippen molar-refractivity contribution in [2.24, 2.45) is 5.73 Å². The molecule has 0 aliphatic rings. The van der Waals surface area contributed by atoms with Crippen LogP contribution in [0.3, 0.4) is 0 Å². The second-order valence-electron chi connectivity index (χ2n) is 2.54. The van der Waals surface area contributed by atoms with Crippen molar-refractivity contribution in [2.45, 2.75) is 0 Å². The quantitative estimate of drug-likeness (QED) is 0.766. The van der Waals surface area contributed by atoms with Crippen molar-refractivity contribution >= 4 is 39.1 Å². The number of hydrogen-bond acceptors (Lipinski definition) is 2. The first-order chi connectivity index (χ1) is 6.18. The predicted octanol–water partition coefficient (Wildman–Crippen LogP) is 1.47. The maximum Gasteiger partial charge on any atom is 0.259 e.